The summed E-state index contributed by atoms with van der Waals surface area (Å²) in [6.45, 7) is 3.06. The molecule has 0 atom stereocenters. The summed E-state index contributed by atoms with van der Waals surface area (Å²) in [6.07, 6.45) is 22.0. The second-order valence-electron chi connectivity index (χ2n) is 10.3. The molecule has 0 aliphatic carbocycles. The van der Waals surface area contributed by atoms with Crippen LogP contribution in [0.3, 0.4) is 0 Å². The Morgan fingerprint density at radius 2 is 1.14 bits per heavy atom. The summed E-state index contributed by atoms with van der Waals surface area (Å²) in [7, 11) is 0. The minimum absolute atomic E-state index is 0.0328. The Morgan fingerprint density at radius 1 is 0.600 bits per heavy atom. The molecule has 0 radical (unpaired) electrons. The fraction of sp³-hybridized carbons (Fsp3) is 0.576. The van der Waals surface area contributed by atoms with Crippen molar-refractivity contribution in [3.8, 4) is 5.75 Å². The lowest BCUT2D eigenvalue weighted by atomic mass is 9.98. The van der Waals surface area contributed by atoms with Crippen molar-refractivity contribution < 1.29 is 9.84 Å². The number of rotatable bonds is 19. The molecule has 0 aliphatic rings. The lowest BCUT2D eigenvalue weighted by Crippen LogP contribution is -2.00. The summed E-state index contributed by atoms with van der Waals surface area (Å²) in [5, 5.41) is 14.4. The van der Waals surface area contributed by atoms with Crippen LogP contribution in [-0.2, 0) is 6.61 Å². The van der Waals surface area contributed by atoms with Crippen molar-refractivity contribution in [2.75, 3.05) is 6.61 Å². The minimum Gasteiger partial charge on any atom is -0.492 e. The normalized spacial score (nSPS) is 11.5. The minimum atomic E-state index is 0.0328. The topological polar surface area (TPSA) is 29.5 Å². The van der Waals surface area contributed by atoms with Crippen LogP contribution in [0.15, 0.2) is 48.5 Å². The summed E-state index contributed by atoms with van der Waals surface area (Å²) >= 11 is 0. The van der Waals surface area contributed by atoms with Gasteiger partial charge in [0.2, 0.25) is 0 Å². The average Bonchev–Trinajstić information content (AvgIpc) is 2.89. The maximum absolute atomic E-state index is 9.90. The Labute approximate surface area is 214 Å². The molecule has 2 heteroatoms. The SMILES string of the molecule is CCCCCCCCCCCCCCCCCCOc1c2ccccc2cc2cccc(CO)c12. The molecule has 35 heavy (non-hydrogen) atoms. The van der Waals surface area contributed by atoms with Gasteiger partial charge < -0.3 is 9.84 Å². The number of aliphatic hydroxyl groups excluding tert-OH is 1. The van der Waals surface area contributed by atoms with E-state index in [2.05, 4.69) is 43.3 Å². The molecular weight excluding hydrogens is 428 g/mol. The van der Waals surface area contributed by atoms with Crippen molar-refractivity contribution in [1.82, 2.24) is 0 Å². The van der Waals surface area contributed by atoms with E-state index in [0.717, 1.165) is 40.5 Å². The van der Waals surface area contributed by atoms with Gasteiger partial charge in [0.05, 0.1) is 13.2 Å². The van der Waals surface area contributed by atoms with Gasteiger partial charge in [0, 0.05) is 10.8 Å². The molecule has 3 aromatic carbocycles. The van der Waals surface area contributed by atoms with Crippen LogP contribution in [0, 0.1) is 0 Å². The van der Waals surface area contributed by atoms with Crippen LogP contribution in [0.1, 0.15) is 115 Å². The van der Waals surface area contributed by atoms with Crippen molar-refractivity contribution in [2.45, 2.75) is 116 Å². The van der Waals surface area contributed by atoms with E-state index in [1.165, 1.54) is 102 Å². The maximum Gasteiger partial charge on any atom is 0.135 e. The lowest BCUT2D eigenvalue weighted by Gasteiger charge is -2.15. The number of unbranched alkanes of at least 4 members (excludes halogenated alkanes) is 15. The van der Waals surface area contributed by atoms with E-state index in [1.54, 1.807) is 0 Å². The first kappa shape index (κ1) is 27.5. The van der Waals surface area contributed by atoms with Gasteiger partial charge in [-0.1, -0.05) is 146 Å². The number of ether oxygens (including phenoxy) is 1. The molecule has 1 N–H and O–H groups in total. The monoisotopic (exact) mass is 476 g/mol. The molecule has 3 rings (SSSR count). The van der Waals surface area contributed by atoms with Crippen LogP contribution in [0.4, 0.5) is 0 Å². The zero-order chi connectivity index (χ0) is 24.6. The highest BCUT2D eigenvalue weighted by Crippen LogP contribution is 2.37. The molecule has 0 saturated heterocycles. The van der Waals surface area contributed by atoms with E-state index < -0.39 is 0 Å². The summed E-state index contributed by atoms with van der Waals surface area (Å²) in [4.78, 5) is 0. The van der Waals surface area contributed by atoms with E-state index in [9.17, 15) is 5.11 Å². The van der Waals surface area contributed by atoms with Crippen molar-refractivity contribution in [2.24, 2.45) is 0 Å². The number of hydrogen-bond acceptors (Lipinski definition) is 2. The molecule has 192 valence electrons. The Kier molecular flexibility index (Phi) is 13.0. The quantitative estimate of drug-likeness (QED) is 0.138. The van der Waals surface area contributed by atoms with Gasteiger partial charge in [0.25, 0.3) is 0 Å². The van der Waals surface area contributed by atoms with Gasteiger partial charge in [-0.15, -0.1) is 0 Å². The zero-order valence-corrected chi connectivity index (χ0v) is 22.2. The van der Waals surface area contributed by atoms with Crippen molar-refractivity contribution in [3.63, 3.8) is 0 Å². The summed E-state index contributed by atoms with van der Waals surface area (Å²) in [5.74, 6) is 0.934. The van der Waals surface area contributed by atoms with E-state index in [-0.39, 0.29) is 6.61 Å². The standard InChI is InChI=1S/C33H48O2/c1-2-3-4-5-6-7-8-9-10-11-12-13-14-15-16-19-25-35-33-31-24-18-17-21-28(31)26-29-22-20-23-30(27-34)32(29)33/h17-18,20-24,26,34H,2-16,19,25,27H2,1H3. The molecule has 0 heterocycles. The van der Waals surface area contributed by atoms with Crippen molar-refractivity contribution in [3.05, 3.63) is 54.1 Å². The number of hydrogen-bond donors (Lipinski definition) is 1. The van der Waals surface area contributed by atoms with Gasteiger partial charge in [0.1, 0.15) is 5.75 Å². The van der Waals surface area contributed by atoms with Crippen molar-refractivity contribution in [1.29, 1.82) is 0 Å². The molecular formula is C33H48O2. The highest BCUT2D eigenvalue weighted by atomic mass is 16.5. The van der Waals surface area contributed by atoms with E-state index in [1.807, 2.05) is 12.1 Å². The van der Waals surface area contributed by atoms with Crippen LogP contribution >= 0.6 is 0 Å². The summed E-state index contributed by atoms with van der Waals surface area (Å²) < 4.78 is 6.38. The Bertz CT molecular complexity index is 977. The molecule has 2 nitrogen and oxygen atoms in total. The second-order valence-corrected chi connectivity index (χ2v) is 10.3. The molecule has 0 unspecified atom stereocenters. The smallest absolute Gasteiger partial charge is 0.135 e. The highest BCUT2D eigenvalue weighted by Gasteiger charge is 2.12. The molecule has 0 aromatic heterocycles. The number of benzene rings is 3. The maximum atomic E-state index is 9.90. The first-order valence-corrected chi connectivity index (χ1v) is 14.5. The number of fused-ring (bicyclic) bond motifs is 2. The van der Waals surface area contributed by atoms with Crippen LogP contribution in [0.5, 0.6) is 5.75 Å². The predicted molar refractivity (Wildman–Crippen MR) is 152 cm³/mol. The predicted octanol–water partition coefficient (Wildman–Crippen LogP) is 10.1. The molecule has 3 aromatic rings. The molecule has 0 aliphatic heterocycles. The van der Waals surface area contributed by atoms with E-state index in [0.29, 0.717) is 0 Å². The largest absolute Gasteiger partial charge is 0.492 e. The average molecular weight is 477 g/mol. The Balaban J connectivity index is 1.29. The van der Waals surface area contributed by atoms with Gasteiger partial charge in [-0.25, -0.2) is 0 Å². The summed E-state index contributed by atoms with van der Waals surface area (Å²) in [5.41, 5.74) is 0.940. The van der Waals surface area contributed by atoms with Gasteiger partial charge >= 0.3 is 0 Å². The lowest BCUT2D eigenvalue weighted by molar-refractivity contribution is 0.281. The van der Waals surface area contributed by atoms with E-state index >= 15 is 0 Å². The first-order valence-electron chi connectivity index (χ1n) is 14.5. The van der Waals surface area contributed by atoms with Crippen LogP contribution in [0.2, 0.25) is 0 Å². The van der Waals surface area contributed by atoms with Crippen LogP contribution in [0.25, 0.3) is 21.5 Å². The highest BCUT2D eigenvalue weighted by molar-refractivity contribution is 6.06. The molecule has 0 spiro atoms. The molecule has 0 fully saturated rings. The van der Waals surface area contributed by atoms with Crippen LogP contribution in [-0.4, -0.2) is 11.7 Å². The van der Waals surface area contributed by atoms with Crippen LogP contribution < -0.4 is 4.74 Å². The van der Waals surface area contributed by atoms with Gasteiger partial charge in [-0.3, -0.25) is 0 Å². The first-order chi connectivity index (χ1) is 17.3. The summed E-state index contributed by atoms with van der Waals surface area (Å²) in [6, 6.07) is 16.7. The van der Waals surface area contributed by atoms with E-state index in [4.69, 9.17) is 4.74 Å². The Hall–Kier alpha value is -2.06. The van der Waals surface area contributed by atoms with Crippen molar-refractivity contribution >= 4 is 21.5 Å². The van der Waals surface area contributed by atoms with Gasteiger partial charge in [0.15, 0.2) is 0 Å². The fourth-order valence-electron chi connectivity index (χ4n) is 5.26. The van der Waals surface area contributed by atoms with Gasteiger partial charge in [-0.05, 0) is 28.8 Å². The third-order valence-corrected chi connectivity index (χ3v) is 7.34. The zero-order valence-electron chi connectivity index (χ0n) is 22.2. The third-order valence-electron chi connectivity index (χ3n) is 7.34. The molecule has 0 amide bonds. The number of aliphatic hydroxyl groups is 1. The second kappa shape index (κ2) is 16.6. The molecule has 0 bridgehead atoms. The molecule has 0 saturated carbocycles. The van der Waals surface area contributed by atoms with Gasteiger partial charge in [-0.2, -0.15) is 0 Å². The Morgan fingerprint density at radius 3 is 1.74 bits per heavy atom. The fourth-order valence-corrected chi connectivity index (χ4v) is 5.26. The third kappa shape index (κ3) is 9.15.